The molecule has 3 heteroatoms. The molecule has 1 unspecified atom stereocenters. The lowest BCUT2D eigenvalue weighted by Gasteiger charge is -2.11. The molecule has 0 aliphatic carbocycles. The van der Waals surface area contributed by atoms with Crippen molar-refractivity contribution in [2.45, 2.75) is 32.7 Å². The number of nitrogens with two attached hydrogens (primary N) is 1. The highest BCUT2D eigenvalue weighted by Crippen LogP contribution is 2.07. The van der Waals surface area contributed by atoms with Crippen molar-refractivity contribution in [3.8, 4) is 0 Å². The fourth-order valence-corrected chi connectivity index (χ4v) is 1.43. The van der Waals surface area contributed by atoms with Gasteiger partial charge in [-0.2, -0.15) is 0 Å². The fraction of sp³-hybridized carbons (Fsp3) is 0.462. The van der Waals surface area contributed by atoms with Crippen LogP contribution in [0.15, 0.2) is 24.3 Å². The molecule has 0 saturated carbocycles. The van der Waals surface area contributed by atoms with Gasteiger partial charge >= 0.3 is 0 Å². The Balaban J connectivity index is 2.43. The lowest BCUT2D eigenvalue weighted by atomic mass is 10.1. The van der Waals surface area contributed by atoms with Crippen molar-refractivity contribution in [2.24, 2.45) is 5.73 Å². The minimum atomic E-state index is 0.0400. The van der Waals surface area contributed by atoms with E-state index in [1.165, 1.54) is 0 Å². The summed E-state index contributed by atoms with van der Waals surface area (Å²) in [5.74, 6) is 0.0400. The number of benzene rings is 1. The first-order valence-electron chi connectivity index (χ1n) is 5.70. The average molecular weight is 220 g/mol. The third kappa shape index (κ3) is 4.03. The van der Waals surface area contributed by atoms with E-state index >= 15 is 0 Å². The number of carbonyl (C=O) groups excluding carboxylic acids is 1. The van der Waals surface area contributed by atoms with Gasteiger partial charge in [0.25, 0.3) is 0 Å². The summed E-state index contributed by atoms with van der Waals surface area (Å²) >= 11 is 0. The van der Waals surface area contributed by atoms with E-state index in [-0.39, 0.29) is 11.9 Å². The topological polar surface area (TPSA) is 55.1 Å². The van der Waals surface area contributed by atoms with E-state index in [4.69, 9.17) is 5.73 Å². The number of hydrogen-bond acceptors (Lipinski definition) is 2. The van der Waals surface area contributed by atoms with E-state index in [0.29, 0.717) is 13.0 Å². The van der Waals surface area contributed by atoms with Crippen molar-refractivity contribution in [3.63, 3.8) is 0 Å². The largest absolute Gasteiger partial charge is 0.354 e. The van der Waals surface area contributed by atoms with Gasteiger partial charge in [-0.3, -0.25) is 4.79 Å². The van der Waals surface area contributed by atoms with Crippen LogP contribution >= 0.6 is 0 Å². The fourth-order valence-electron chi connectivity index (χ4n) is 1.43. The third-order valence-corrected chi connectivity index (χ3v) is 2.70. The Morgan fingerprint density at radius 3 is 2.75 bits per heavy atom. The van der Waals surface area contributed by atoms with Gasteiger partial charge in [0, 0.05) is 12.6 Å². The molecule has 0 aliphatic heterocycles. The van der Waals surface area contributed by atoms with Gasteiger partial charge in [0.05, 0.1) is 6.42 Å². The minimum Gasteiger partial charge on any atom is -0.354 e. The van der Waals surface area contributed by atoms with Gasteiger partial charge in [-0.1, -0.05) is 31.2 Å². The SMILES string of the molecule is CCC(N)CNC(=O)Cc1ccccc1C. The Labute approximate surface area is 97.0 Å². The number of rotatable bonds is 5. The molecule has 1 atom stereocenters. The van der Waals surface area contributed by atoms with Crippen molar-refractivity contribution in [3.05, 3.63) is 35.4 Å². The van der Waals surface area contributed by atoms with Crippen molar-refractivity contribution in [2.75, 3.05) is 6.54 Å². The van der Waals surface area contributed by atoms with E-state index in [9.17, 15) is 4.79 Å². The zero-order valence-electron chi connectivity index (χ0n) is 9.99. The molecule has 88 valence electrons. The molecule has 0 spiro atoms. The Kier molecular flexibility index (Phi) is 4.99. The molecular formula is C13H20N2O. The van der Waals surface area contributed by atoms with E-state index in [2.05, 4.69) is 5.32 Å². The second-order valence-corrected chi connectivity index (χ2v) is 4.08. The maximum atomic E-state index is 11.6. The molecule has 0 saturated heterocycles. The molecule has 1 aromatic rings. The molecule has 1 amide bonds. The van der Waals surface area contributed by atoms with Crippen LogP contribution in [-0.4, -0.2) is 18.5 Å². The number of carbonyl (C=O) groups is 1. The number of amides is 1. The van der Waals surface area contributed by atoms with Gasteiger partial charge in [-0.15, -0.1) is 0 Å². The van der Waals surface area contributed by atoms with Crippen LogP contribution in [0.1, 0.15) is 24.5 Å². The molecule has 0 fully saturated rings. The Morgan fingerprint density at radius 1 is 1.44 bits per heavy atom. The number of nitrogens with one attached hydrogen (secondary N) is 1. The highest BCUT2D eigenvalue weighted by atomic mass is 16.1. The maximum absolute atomic E-state index is 11.6. The number of aryl methyl sites for hydroxylation is 1. The quantitative estimate of drug-likeness (QED) is 0.788. The van der Waals surface area contributed by atoms with Crippen LogP contribution in [0.2, 0.25) is 0 Å². The molecule has 0 heterocycles. The summed E-state index contributed by atoms with van der Waals surface area (Å²) in [4.78, 5) is 11.6. The lowest BCUT2D eigenvalue weighted by Crippen LogP contribution is -2.37. The first kappa shape index (κ1) is 12.7. The molecule has 16 heavy (non-hydrogen) atoms. The molecule has 0 aromatic heterocycles. The van der Waals surface area contributed by atoms with Crippen molar-refractivity contribution >= 4 is 5.91 Å². The summed E-state index contributed by atoms with van der Waals surface area (Å²) in [6.45, 7) is 4.58. The highest BCUT2D eigenvalue weighted by molar-refractivity contribution is 5.78. The van der Waals surface area contributed by atoms with Gasteiger partial charge in [0.2, 0.25) is 5.91 Å². The van der Waals surface area contributed by atoms with Crippen LogP contribution in [0.5, 0.6) is 0 Å². The molecule has 0 radical (unpaired) electrons. The summed E-state index contributed by atoms with van der Waals surface area (Å²) in [6.07, 6.45) is 1.31. The van der Waals surface area contributed by atoms with Crippen LogP contribution in [-0.2, 0) is 11.2 Å². The first-order chi connectivity index (χ1) is 7.63. The summed E-state index contributed by atoms with van der Waals surface area (Å²) in [5, 5.41) is 2.85. The molecule has 0 aliphatic rings. The Bertz CT molecular complexity index is 350. The summed E-state index contributed by atoms with van der Waals surface area (Å²) < 4.78 is 0. The molecule has 3 N–H and O–H groups in total. The molecular weight excluding hydrogens is 200 g/mol. The average Bonchev–Trinajstić information content (AvgIpc) is 2.29. The van der Waals surface area contributed by atoms with Crippen molar-refractivity contribution in [1.29, 1.82) is 0 Å². The van der Waals surface area contributed by atoms with Crippen LogP contribution in [0.4, 0.5) is 0 Å². The second-order valence-electron chi connectivity index (χ2n) is 4.08. The minimum absolute atomic E-state index is 0.0400. The number of hydrogen-bond donors (Lipinski definition) is 2. The molecule has 1 aromatic carbocycles. The highest BCUT2D eigenvalue weighted by Gasteiger charge is 2.06. The van der Waals surface area contributed by atoms with Gasteiger partial charge in [0.1, 0.15) is 0 Å². The van der Waals surface area contributed by atoms with E-state index in [0.717, 1.165) is 17.5 Å². The van der Waals surface area contributed by atoms with Gasteiger partial charge < -0.3 is 11.1 Å². The normalized spacial score (nSPS) is 12.2. The molecule has 3 nitrogen and oxygen atoms in total. The predicted molar refractivity (Wildman–Crippen MR) is 66.2 cm³/mol. The van der Waals surface area contributed by atoms with Crippen LogP contribution < -0.4 is 11.1 Å². The third-order valence-electron chi connectivity index (χ3n) is 2.70. The Morgan fingerprint density at radius 2 is 2.12 bits per heavy atom. The van der Waals surface area contributed by atoms with Gasteiger partial charge in [-0.25, -0.2) is 0 Å². The Hall–Kier alpha value is -1.35. The predicted octanol–water partition coefficient (Wildman–Crippen LogP) is 1.39. The molecule has 1 rings (SSSR count). The van der Waals surface area contributed by atoms with Gasteiger partial charge in [0.15, 0.2) is 0 Å². The van der Waals surface area contributed by atoms with E-state index < -0.39 is 0 Å². The van der Waals surface area contributed by atoms with Crippen LogP contribution in [0.25, 0.3) is 0 Å². The van der Waals surface area contributed by atoms with E-state index in [1.54, 1.807) is 0 Å². The smallest absolute Gasteiger partial charge is 0.224 e. The van der Waals surface area contributed by atoms with E-state index in [1.807, 2.05) is 38.1 Å². The second kappa shape index (κ2) is 6.28. The van der Waals surface area contributed by atoms with Crippen molar-refractivity contribution < 1.29 is 4.79 Å². The zero-order chi connectivity index (χ0) is 12.0. The monoisotopic (exact) mass is 220 g/mol. The summed E-state index contributed by atoms with van der Waals surface area (Å²) in [5.41, 5.74) is 7.95. The summed E-state index contributed by atoms with van der Waals surface area (Å²) in [7, 11) is 0. The van der Waals surface area contributed by atoms with Crippen molar-refractivity contribution in [1.82, 2.24) is 5.32 Å². The summed E-state index contributed by atoms with van der Waals surface area (Å²) in [6, 6.07) is 7.98. The maximum Gasteiger partial charge on any atom is 0.224 e. The van der Waals surface area contributed by atoms with Crippen LogP contribution in [0.3, 0.4) is 0 Å². The first-order valence-corrected chi connectivity index (χ1v) is 5.70. The standard InChI is InChI=1S/C13H20N2O/c1-3-12(14)9-15-13(16)8-11-7-5-4-6-10(11)2/h4-7,12H,3,8-9,14H2,1-2H3,(H,15,16). The van der Waals surface area contributed by atoms with Crippen LogP contribution in [0, 0.1) is 6.92 Å². The lowest BCUT2D eigenvalue weighted by molar-refractivity contribution is -0.120. The molecule has 0 bridgehead atoms. The zero-order valence-corrected chi connectivity index (χ0v) is 9.99. The van der Waals surface area contributed by atoms with Gasteiger partial charge in [-0.05, 0) is 24.5 Å².